The molecule has 2 atom stereocenters. The lowest BCUT2D eigenvalue weighted by molar-refractivity contribution is -0.137. The molecule has 4 rings (SSSR count). The Morgan fingerprint density at radius 1 is 1.00 bits per heavy atom. The number of halogens is 3. The van der Waals surface area contributed by atoms with Crippen molar-refractivity contribution < 1.29 is 22.7 Å². The van der Waals surface area contributed by atoms with Crippen molar-refractivity contribution in [2.24, 2.45) is 0 Å². The maximum atomic E-state index is 13.1. The number of ether oxygens (including phenoxy) is 1. The van der Waals surface area contributed by atoms with E-state index in [0.717, 1.165) is 44.2 Å². The summed E-state index contributed by atoms with van der Waals surface area (Å²) in [6.07, 6.45) is 4.15. The fraction of sp³-hybridized carbons (Fsp3) is 0.682. The molecule has 160 valence electrons. The molecule has 1 heterocycles. The third kappa shape index (κ3) is 5.12. The normalized spacial score (nSPS) is 26.3. The molecule has 3 fully saturated rings. The first kappa shape index (κ1) is 20.7. The predicted octanol–water partition coefficient (Wildman–Crippen LogP) is 4.39. The van der Waals surface area contributed by atoms with Crippen molar-refractivity contribution in [3.63, 3.8) is 0 Å². The van der Waals surface area contributed by atoms with Gasteiger partial charge in [0.1, 0.15) is 0 Å². The molecule has 1 saturated heterocycles. The second kappa shape index (κ2) is 8.64. The summed E-state index contributed by atoms with van der Waals surface area (Å²) < 4.78 is 44.9. The van der Waals surface area contributed by atoms with Crippen molar-refractivity contribution in [3.05, 3.63) is 34.9 Å². The van der Waals surface area contributed by atoms with Crippen LogP contribution in [-0.2, 0) is 10.9 Å². The minimum Gasteiger partial charge on any atom is -0.379 e. The van der Waals surface area contributed by atoms with Gasteiger partial charge in [0, 0.05) is 24.3 Å². The molecule has 0 bridgehead atoms. The Labute approximate surface area is 169 Å². The van der Waals surface area contributed by atoms with E-state index in [-0.39, 0.29) is 23.9 Å². The number of hydrogen-bond acceptors (Lipinski definition) is 3. The van der Waals surface area contributed by atoms with E-state index in [1.807, 2.05) is 0 Å². The van der Waals surface area contributed by atoms with Gasteiger partial charge in [-0.25, -0.2) is 0 Å². The van der Waals surface area contributed by atoms with Gasteiger partial charge in [0.15, 0.2) is 0 Å². The standard InChI is InChI=1S/C22H29F3N2O2/c23-22(24,25)15-8-9-17(18(12-15)14-6-7-14)21(28)27-20-13-29-11-10-19(20)26-16-4-2-1-3-5-16/h8-9,12,14,16,19-20,26H,1-7,10-11,13H2,(H,27,28)/t19-,20-/m1/s1. The highest BCUT2D eigenvalue weighted by Gasteiger charge is 2.36. The van der Waals surface area contributed by atoms with Gasteiger partial charge in [-0.15, -0.1) is 0 Å². The summed E-state index contributed by atoms with van der Waals surface area (Å²) in [5.41, 5.74) is 0.196. The van der Waals surface area contributed by atoms with Crippen LogP contribution in [0.5, 0.6) is 0 Å². The third-order valence-electron chi connectivity index (χ3n) is 6.37. The van der Waals surface area contributed by atoms with Gasteiger partial charge in [-0.3, -0.25) is 4.79 Å². The van der Waals surface area contributed by atoms with Crippen LogP contribution < -0.4 is 10.6 Å². The molecular formula is C22H29F3N2O2. The van der Waals surface area contributed by atoms with Gasteiger partial charge in [0.25, 0.3) is 5.91 Å². The van der Waals surface area contributed by atoms with Crippen LogP contribution in [0.4, 0.5) is 13.2 Å². The van der Waals surface area contributed by atoms with E-state index in [4.69, 9.17) is 4.74 Å². The summed E-state index contributed by atoms with van der Waals surface area (Å²) >= 11 is 0. The van der Waals surface area contributed by atoms with Crippen LogP contribution in [0, 0.1) is 0 Å². The Hall–Kier alpha value is -1.60. The van der Waals surface area contributed by atoms with Crippen molar-refractivity contribution in [2.45, 2.75) is 81.6 Å². The predicted molar refractivity (Wildman–Crippen MR) is 104 cm³/mol. The molecule has 2 aliphatic carbocycles. The molecule has 0 aromatic heterocycles. The maximum Gasteiger partial charge on any atom is 0.416 e. The van der Waals surface area contributed by atoms with Gasteiger partial charge >= 0.3 is 6.18 Å². The van der Waals surface area contributed by atoms with E-state index < -0.39 is 11.7 Å². The number of amides is 1. The topological polar surface area (TPSA) is 50.4 Å². The fourth-order valence-corrected chi connectivity index (χ4v) is 4.58. The molecule has 2 saturated carbocycles. The molecular weight excluding hydrogens is 381 g/mol. The Kier molecular flexibility index (Phi) is 6.16. The smallest absolute Gasteiger partial charge is 0.379 e. The molecule has 1 aliphatic heterocycles. The highest BCUT2D eigenvalue weighted by atomic mass is 19.4. The Morgan fingerprint density at radius 3 is 2.45 bits per heavy atom. The van der Waals surface area contributed by atoms with Crippen molar-refractivity contribution >= 4 is 5.91 Å². The largest absolute Gasteiger partial charge is 0.416 e. The Bertz CT molecular complexity index is 727. The average Bonchev–Trinajstić information content (AvgIpc) is 3.54. The average molecular weight is 410 g/mol. The molecule has 1 aromatic carbocycles. The fourth-order valence-electron chi connectivity index (χ4n) is 4.58. The first-order valence-electron chi connectivity index (χ1n) is 10.8. The summed E-state index contributed by atoms with van der Waals surface area (Å²) in [4.78, 5) is 13.0. The molecule has 3 aliphatic rings. The molecule has 1 amide bonds. The Balaban J connectivity index is 1.47. The first-order valence-corrected chi connectivity index (χ1v) is 10.8. The van der Waals surface area contributed by atoms with Crippen LogP contribution in [0.3, 0.4) is 0 Å². The van der Waals surface area contributed by atoms with Gasteiger partial charge in [-0.1, -0.05) is 19.3 Å². The van der Waals surface area contributed by atoms with E-state index in [0.29, 0.717) is 30.4 Å². The second-order valence-electron chi connectivity index (χ2n) is 8.63. The summed E-state index contributed by atoms with van der Waals surface area (Å²) in [5, 5.41) is 6.75. The molecule has 29 heavy (non-hydrogen) atoms. The molecule has 1 aromatic rings. The highest BCUT2D eigenvalue weighted by Crippen LogP contribution is 2.43. The quantitative estimate of drug-likeness (QED) is 0.757. The van der Waals surface area contributed by atoms with Gasteiger partial charge < -0.3 is 15.4 Å². The molecule has 2 N–H and O–H groups in total. The second-order valence-corrected chi connectivity index (χ2v) is 8.63. The number of carbonyl (C=O) groups excluding carboxylic acids is 1. The van der Waals surface area contributed by atoms with Gasteiger partial charge in [0.05, 0.1) is 18.2 Å². The van der Waals surface area contributed by atoms with Gasteiger partial charge in [-0.05, 0) is 61.8 Å². The minimum absolute atomic E-state index is 0.0526. The zero-order chi connectivity index (χ0) is 20.4. The van der Waals surface area contributed by atoms with Crippen LogP contribution in [0.15, 0.2) is 18.2 Å². The molecule has 4 nitrogen and oxygen atoms in total. The minimum atomic E-state index is -4.40. The summed E-state index contributed by atoms with van der Waals surface area (Å²) in [6, 6.07) is 3.93. The first-order chi connectivity index (χ1) is 13.9. The van der Waals surface area contributed by atoms with Crippen molar-refractivity contribution in [1.82, 2.24) is 10.6 Å². The monoisotopic (exact) mass is 410 g/mol. The van der Waals surface area contributed by atoms with Gasteiger partial charge in [0.2, 0.25) is 0 Å². The molecule has 0 spiro atoms. The maximum absolute atomic E-state index is 13.1. The van der Waals surface area contributed by atoms with Crippen LogP contribution >= 0.6 is 0 Å². The third-order valence-corrected chi connectivity index (χ3v) is 6.37. The van der Waals surface area contributed by atoms with E-state index in [1.165, 1.54) is 25.3 Å². The zero-order valence-electron chi connectivity index (χ0n) is 16.6. The van der Waals surface area contributed by atoms with Crippen molar-refractivity contribution in [3.8, 4) is 0 Å². The van der Waals surface area contributed by atoms with Gasteiger partial charge in [-0.2, -0.15) is 13.2 Å². The molecule has 7 heteroatoms. The number of rotatable bonds is 5. The van der Waals surface area contributed by atoms with Crippen molar-refractivity contribution in [2.75, 3.05) is 13.2 Å². The number of hydrogen-bond donors (Lipinski definition) is 2. The lowest BCUT2D eigenvalue weighted by Gasteiger charge is -2.36. The molecule has 0 radical (unpaired) electrons. The summed E-state index contributed by atoms with van der Waals surface area (Å²) in [7, 11) is 0. The number of alkyl halides is 3. The van der Waals surface area contributed by atoms with Crippen LogP contribution in [0.25, 0.3) is 0 Å². The van der Waals surface area contributed by atoms with Crippen molar-refractivity contribution in [1.29, 1.82) is 0 Å². The zero-order valence-corrected chi connectivity index (χ0v) is 16.6. The Morgan fingerprint density at radius 2 is 1.76 bits per heavy atom. The van der Waals surface area contributed by atoms with E-state index in [1.54, 1.807) is 0 Å². The number of benzene rings is 1. The van der Waals surface area contributed by atoms with Crippen LogP contribution in [0.2, 0.25) is 0 Å². The summed E-state index contributed by atoms with van der Waals surface area (Å²) in [6.45, 7) is 1.08. The van der Waals surface area contributed by atoms with E-state index in [9.17, 15) is 18.0 Å². The SMILES string of the molecule is O=C(N[C@@H]1COCC[C@H]1NC1CCCCC1)c1ccc(C(F)(F)F)cc1C1CC1. The number of carbonyl (C=O) groups is 1. The van der Waals surface area contributed by atoms with Crippen LogP contribution in [-0.4, -0.2) is 37.2 Å². The van der Waals surface area contributed by atoms with Crippen LogP contribution in [0.1, 0.15) is 78.8 Å². The van der Waals surface area contributed by atoms with E-state index in [2.05, 4.69) is 10.6 Å². The summed E-state index contributed by atoms with van der Waals surface area (Å²) in [5.74, 6) is -0.247. The highest BCUT2D eigenvalue weighted by molar-refractivity contribution is 5.96. The lowest BCUT2D eigenvalue weighted by Crippen LogP contribution is -2.57. The molecule has 0 unspecified atom stereocenters. The number of nitrogens with one attached hydrogen (secondary N) is 2. The lowest BCUT2D eigenvalue weighted by atomic mass is 9.92. The van der Waals surface area contributed by atoms with E-state index >= 15 is 0 Å².